The standard InChI is InChI=1S/C19H17F3N2O3/c1-24(2)12-7-8-15(14(10-12)19(20,21)22)23-17(25)16-9-11-5-3-4-6-13(11)18(26)27-16/h3-8,10,16H,9H2,1-2H3,(H,23,25). The summed E-state index contributed by atoms with van der Waals surface area (Å²) in [6, 6.07) is 10.3. The number of amides is 1. The normalized spacial score (nSPS) is 16.3. The number of esters is 1. The van der Waals surface area contributed by atoms with Gasteiger partial charge in [0.2, 0.25) is 0 Å². The predicted octanol–water partition coefficient (Wildman–Crippen LogP) is 3.49. The van der Waals surface area contributed by atoms with Gasteiger partial charge in [-0.2, -0.15) is 13.2 Å². The summed E-state index contributed by atoms with van der Waals surface area (Å²) in [6.45, 7) is 0. The summed E-state index contributed by atoms with van der Waals surface area (Å²) in [7, 11) is 3.24. The molecule has 1 heterocycles. The van der Waals surface area contributed by atoms with Crippen LogP contribution >= 0.6 is 0 Å². The van der Waals surface area contributed by atoms with E-state index in [4.69, 9.17) is 4.74 Å². The van der Waals surface area contributed by atoms with Crippen LogP contribution in [-0.4, -0.2) is 32.1 Å². The van der Waals surface area contributed by atoms with E-state index in [1.165, 1.54) is 17.0 Å². The quantitative estimate of drug-likeness (QED) is 0.831. The number of anilines is 2. The van der Waals surface area contributed by atoms with Gasteiger partial charge in [-0.05, 0) is 29.8 Å². The van der Waals surface area contributed by atoms with Crippen LogP contribution < -0.4 is 10.2 Å². The zero-order valence-electron chi connectivity index (χ0n) is 14.6. The van der Waals surface area contributed by atoms with Crippen LogP contribution in [0.3, 0.4) is 0 Å². The minimum atomic E-state index is -4.65. The van der Waals surface area contributed by atoms with Gasteiger partial charge in [-0.1, -0.05) is 18.2 Å². The van der Waals surface area contributed by atoms with Crippen molar-refractivity contribution in [3.8, 4) is 0 Å². The predicted molar refractivity (Wildman–Crippen MR) is 93.8 cm³/mol. The number of ether oxygens (including phenoxy) is 1. The largest absolute Gasteiger partial charge is 0.448 e. The molecule has 2 aromatic rings. The summed E-state index contributed by atoms with van der Waals surface area (Å²) < 4.78 is 45.3. The number of hydrogen-bond donors (Lipinski definition) is 1. The molecule has 0 fully saturated rings. The van der Waals surface area contributed by atoms with E-state index in [1.807, 2.05) is 0 Å². The molecule has 0 bridgehead atoms. The molecule has 3 rings (SSSR count). The molecule has 2 aromatic carbocycles. The lowest BCUT2D eigenvalue weighted by molar-refractivity contribution is -0.137. The average molecular weight is 378 g/mol. The Labute approximate surface area is 153 Å². The van der Waals surface area contributed by atoms with Gasteiger partial charge in [0, 0.05) is 26.2 Å². The van der Waals surface area contributed by atoms with Crippen LogP contribution in [-0.2, 0) is 22.1 Å². The fourth-order valence-corrected chi connectivity index (χ4v) is 2.84. The van der Waals surface area contributed by atoms with Gasteiger partial charge in [-0.15, -0.1) is 0 Å². The number of fused-ring (bicyclic) bond motifs is 1. The van der Waals surface area contributed by atoms with Crippen LogP contribution in [0.5, 0.6) is 0 Å². The lowest BCUT2D eigenvalue weighted by Crippen LogP contribution is -2.38. The van der Waals surface area contributed by atoms with E-state index in [9.17, 15) is 22.8 Å². The highest BCUT2D eigenvalue weighted by molar-refractivity contribution is 6.00. The minimum Gasteiger partial charge on any atom is -0.448 e. The van der Waals surface area contributed by atoms with Crippen molar-refractivity contribution in [2.75, 3.05) is 24.3 Å². The summed E-state index contributed by atoms with van der Waals surface area (Å²) in [5.74, 6) is -1.48. The summed E-state index contributed by atoms with van der Waals surface area (Å²) in [5.41, 5.74) is -0.0308. The highest BCUT2D eigenvalue weighted by Gasteiger charge is 2.36. The van der Waals surface area contributed by atoms with Gasteiger partial charge in [0.25, 0.3) is 5.91 Å². The first-order valence-corrected chi connectivity index (χ1v) is 8.15. The second kappa shape index (κ2) is 6.94. The van der Waals surface area contributed by atoms with Crippen LogP contribution in [0.25, 0.3) is 0 Å². The molecule has 5 nitrogen and oxygen atoms in total. The molecular formula is C19H17F3N2O3. The molecule has 1 amide bonds. The van der Waals surface area contributed by atoms with Gasteiger partial charge in [-0.3, -0.25) is 4.79 Å². The van der Waals surface area contributed by atoms with Crippen LogP contribution in [0, 0.1) is 0 Å². The first-order valence-electron chi connectivity index (χ1n) is 8.15. The van der Waals surface area contributed by atoms with Crippen molar-refractivity contribution < 1.29 is 27.5 Å². The van der Waals surface area contributed by atoms with Gasteiger partial charge >= 0.3 is 12.1 Å². The number of rotatable bonds is 3. The van der Waals surface area contributed by atoms with Gasteiger partial charge < -0.3 is 15.0 Å². The minimum absolute atomic E-state index is 0.102. The Bertz CT molecular complexity index is 894. The topological polar surface area (TPSA) is 58.6 Å². The smallest absolute Gasteiger partial charge is 0.418 e. The number of nitrogens with one attached hydrogen (secondary N) is 1. The first-order chi connectivity index (χ1) is 12.7. The molecule has 0 saturated heterocycles. The molecular weight excluding hydrogens is 361 g/mol. The first kappa shape index (κ1) is 18.8. The van der Waals surface area contributed by atoms with Crippen molar-refractivity contribution in [3.63, 3.8) is 0 Å². The Morgan fingerprint density at radius 3 is 2.56 bits per heavy atom. The van der Waals surface area contributed by atoms with Crippen LogP contribution in [0.15, 0.2) is 42.5 Å². The summed E-state index contributed by atoms with van der Waals surface area (Å²) in [4.78, 5) is 26.0. The second-order valence-corrected chi connectivity index (χ2v) is 6.37. The van der Waals surface area contributed by atoms with Gasteiger partial charge in [-0.25, -0.2) is 4.79 Å². The van der Waals surface area contributed by atoms with E-state index in [-0.39, 0.29) is 12.1 Å². The van der Waals surface area contributed by atoms with Crippen LogP contribution in [0.4, 0.5) is 24.5 Å². The fraction of sp³-hybridized carbons (Fsp3) is 0.263. The third kappa shape index (κ3) is 3.89. The van der Waals surface area contributed by atoms with Gasteiger partial charge in [0.15, 0.2) is 6.10 Å². The van der Waals surface area contributed by atoms with Crippen LogP contribution in [0.1, 0.15) is 21.5 Å². The molecule has 142 valence electrons. The molecule has 1 N–H and O–H groups in total. The summed E-state index contributed by atoms with van der Waals surface area (Å²) in [6.07, 6.45) is -5.74. The van der Waals surface area contributed by atoms with Crippen molar-refractivity contribution in [2.45, 2.75) is 18.7 Å². The zero-order chi connectivity index (χ0) is 19.8. The SMILES string of the molecule is CN(C)c1ccc(NC(=O)C2Cc3ccccc3C(=O)O2)c(C(F)(F)F)c1. The Hall–Kier alpha value is -3.03. The molecule has 27 heavy (non-hydrogen) atoms. The molecule has 1 aliphatic rings. The number of cyclic esters (lactones) is 1. The van der Waals surface area contributed by atoms with Gasteiger partial charge in [0.05, 0.1) is 16.8 Å². The molecule has 1 aliphatic heterocycles. The number of hydrogen-bond acceptors (Lipinski definition) is 4. The average Bonchev–Trinajstić information content (AvgIpc) is 2.60. The van der Waals surface area contributed by atoms with Crippen molar-refractivity contribution in [3.05, 3.63) is 59.2 Å². The van der Waals surface area contributed by atoms with Crippen molar-refractivity contribution in [1.29, 1.82) is 0 Å². The molecule has 1 atom stereocenters. The number of nitrogens with zero attached hydrogens (tertiary/aromatic N) is 1. The summed E-state index contributed by atoms with van der Waals surface area (Å²) >= 11 is 0. The van der Waals surface area contributed by atoms with Crippen molar-refractivity contribution >= 4 is 23.3 Å². The molecule has 0 aromatic heterocycles. The lowest BCUT2D eigenvalue weighted by atomic mass is 9.98. The highest BCUT2D eigenvalue weighted by atomic mass is 19.4. The van der Waals surface area contributed by atoms with E-state index in [2.05, 4.69) is 5.32 Å². The third-order valence-electron chi connectivity index (χ3n) is 4.27. The number of benzene rings is 2. The molecule has 0 aliphatic carbocycles. The van der Waals surface area contributed by atoms with Gasteiger partial charge in [0.1, 0.15) is 0 Å². The third-order valence-corrected chi connectivity index (χ3v) is 4.27. The molecule has 8 heteroatoms. The van der Waals surface area contributed by atoms with E-state index in [1.54, 1.807) is 38.4 Å². The summed E-state index contributed by atoms with van der Waals surface area (Å²) in [5, 5.41) is 2.25. The number of carbonyl (C=O) groups is 2. The van der Waals surface area contributed by atoms with Crippen molar-refractivity contribution in [2.24, 2.45) is 0 Å². The Morgan fingerprint density at radius 1 is 1.19 bits per heavy atom. The zero-order valence-corrected chi connectivity index (χ0v) is 14.6. The van der Waals surface area contributed by atoms with E-state index in [0.29, 0.717) is 16.8 Å². The fourth-order valence-electron chi connectivity index (χ4n) is 2.84. The molecule has 0 spiro atoms. The van der Waals surface area contributed by atoms with Crippen molar-refractivity contribution in [1.82, 2.24) is 0 Å². The Kier molecular flexibility index (Phi) is 4.82. The Morgan fingerprint density at radius 2 is 1.89 bits per heavy atom. The second-order valence-electron chi connectivity index (χ2n) is 6.37. The maximum atomic E-state index is 13.4. The van der Waals surface area contributed by atoms with E-state index < -0.39 is 29.7 Å². The van der Waals surface area contributed by atoms with E-state index >= 15 is 0 Å². The molecule has 0 radical (unpaired) electrons. The van der Waals surface area contributed by atoms with E-state index in [0.717, 1.165) is 6.07 Å². The molecule has 0 saturated carbocycles. The monoisotopic (exact) mass is 378 g/mol. The van der Waals surface area contributed by atoms with Crippen LogP contribution in [0.2, 0.25) is 0 Å². The highest BCUT2D eigenvalue weighted by Crippen LogP contribution is 2.37. The lowest BCUT2D eigenvalue weighted by Gasteiger charge is -2.25. The maximum Gasteiger partial charge on any atom is 0.418 e. The maximum absolute atomic E-state index is 13.4. The number of carbonyl (C=O) groups excluding carboxylic acids is 2. The molecule has 1 unspecified atom stereocenters. The number of halogens is 3. The number of alkyl halides is 3. The Balaban J connectivity index is 1.85.